The summed E-state index contributed by atoms with van der Waals surface area (Å²) in [7, 11) is 0. The summed E-state index contributed by atoms with van der Waals surface area (Å²) in [5.41, 5.74) is 2.38. The first-order valence-electron chi connectivity index (χ1n) is 9.01. The molecule has 0 unspecified atom stereocenters. The zero-order valence-electron chi connectivity index (χ0n) is 15.2. The largest absolute Gasteiger partial charge is 0.339 e. The Morgan fingerprint density at radius 3 is 2.59 bits per heavy atom. The fourth-order valence-electron chi connectivity index (χ4n) is 3.31. The van der Waals surface area contributed by atoms with Gasteiger partial charge in [0.1, 0.15) is 5.82 Å². The van der Waals surface area contributed by atoms with Crippen molar-refractivity contribution in [2.75, 3.05) is 11.4 Å². The Kier molecular flexibility index (Phi) is 4.48. The lowest BCUT2D eigenvalue weighted by Crippen LogP contribution is -2.24. The first-order valence-corrected chi connectivity index (χ1v) is 9.01. The fourth-order valence-corrected chi connectivity index (χ4v) is 3.31. The standard InChI is InChI=1S/C21H20FN3O2/c1-13(2)14-7-9-16(10-8-14)25-12-15(11-19(25)26)21-23-20(24-27-21)17-5-3-4-6-18(17)22/h3-10,13,15H,11-12H2,1-2H3/t15-/m1/s1. The number of nitrogens with zero attached hydrogens (tertiary/aromatic N) is 3. The van der Waals surface area contributed by atoms with Crippen LogP contribution in [0, 0.1) is 5.82 Å². The van der Waals surface area contributed by atoms with E-state index < -0.39 is 5.82 Å². The third-order valence-corrected chi connectivity index (χ3v) is 4.90. The van der Waals surface area contributed by atoms with Crippen molar-refractivity contribution < 1.29 is 13.7 Å². The Morgan fingerprint density at radius 2 is 1.89 bits per heavy atom. The molecule has 1 amide bonds. The average molecular weight is 365 g/mol. The molecular formula is C21H20FN3O2. The van der Waals surface area contributed by atoms with Crippen molar-refractivity contribution in [3.63, 3.8) is 0 Å². The van der Waals surface area contributed by atoms with E-state index in [1.54, 1.807) is 23.1 Å². The molecule has 0 aliphatic carbocycles. The number of amides is 1. The smallest absolute Gasteiger partial charge is 0.232 e. The Morgan fingerprint density at radius 1 is 1.15 bits per heavy atom. The highest BCUT2D eigenvalue weighted by atomic mass is 19.1. The highest BCUT2D eigenvalue weighted by Gasteiger charge is 2.35. The van der Waals surface area contributed by atoms with Gasteiger partial charge in [-0.3, -0.25) is 4.79 Å². The van der Waals surface area contributed by atoms with Crippen LogP contribution in [0.15, 0.2) is 53.1 Å². The quantitative estimate of drug-likeness (QED) is 0.682. The molecule has 2 aromatic carbocycles. The zero-order valence-corrected chi connectivity index (χ0v) is 15.2. The second-order valence-electron chi connectivity index (χ2n) is 7.09. The van der Waals surface area contributed by atoms with Crippen LogP contribution < -0.4 is 4.90 Å². The van der Waals surface area contributed by atoms with E-state index in [4.69, 9.17) is 4.52 Å². The SMILES string of the molecule is CC(C)c1ccc(N2C[C@H](c3nc(-c4ccccc4F)no3)CC2=O)cc1. The van der Waals surface area contributed by atoms with Crippen molar-refractivity contribution in [1.29, 1.82) is 0 Å². The maximum atomic E-state index is 13.9. The number of rotatable bonds is 4. The summed E-state index contributed by atoms with van der Waals surface area (Å²) in [5.74, 6) is 0.423. The lowest BCUT2D eigenvalue weighted by Gasteiger charge is -2.17. The first-order chi connectivity index (χ1) is 13.0. The average Bonchev–Trinajstić information content (AvgIpc) is 3.29. The van der Waals surface area contributed by atoms with E-state index in [1.807, 2.05) is 24.3 Å². The van der Waals surface area contributed by atoms with Crippen LogP contribution in [0.25, 0.3) is 11.4 Å². The number of carbonyl (C=O) groups excluding carboxylic acids is 1. The van der Waals surface area contributed by atoms with Gasteiger partial charge >= 0.3 is 0 Å². The second kappa shape index (κ2) is 6.95. The van der Waals surface area contributed by atoms with E-state index in [0.717, 1.165) is 5.69 Å². The van der Waals surface area contributed by atoms with Gasteiger partial charge in [0.2, 0.25) is 17.6 Å². The number of hydrogen-bond donors (Lipinski definition) is 0. The summed E-state index contributed by atoms with van der Waals surface area (Å²) in [5, 5.41) is 3.89. The predicted molar refractivity (Wildman–Crippen MR) is 99.9 cm³/mol. The number of halogens is 1. The first kappa shape index (κ1) is 17.4. The van der Waals surface area contributed by atoms with Crippen molar-refractivity contribution in [2.45, 2.75) is 32.1 Å². The lowest BCUT2D eigenvalue weighted by atomic mass is 10.0. The molecule has 27 heavy (non-hydrogen) atoms. The molecule has 1 saturated heterocycles. The van der Waals surface area contributed by atoms with Crippen LogP contribution in [-0.2, 0) is 4.79 Å². The Hall–Kier alpha value is -3.02. The third kappa shape index (κ3) is 3.35. The van der Waals surface area contributed by atoms with E-state index in [1.165, 1.54) is 11.6 Å². The van der Waals surface area contributed by atoms with E-state index in [2.05, 4.69) is 24.0 Å². The molecule has 1 atom stereocenters. The number of hydrogen-bond acceptors (Lipinski definition) is 4. The molecule has 0 saturated carbocycles. The van der Waals surface area contributed by atoms with Gasteiger partial charge in [0.15, 0.2) is 0 Å². The lowest BCUT2D eigenvalue weighted by molar-refractivity contribution is -0.117. The third-order valence-electron chi connectivity index (χ3n) is 4.90. The van der Waals surface area contributed by atoms with Crippen LogP contribution in [0.4, 0.5) is 10.1 Å². The van der Waals surface area contributed by atoms with Crippen molar-refractivity contribution in [1.82, 2.24) is 10.1 Å². The highest BCUT2D eigenvalue weighted by Crippen LogP contribution is 2.32. The van der Waals surface area contributed by atoms with Gasteiger partial charge in [-0.05, 0) is 35.7 Å². The van der Waals surface area contributed by atoms with E-state index in [-0.39, 0.29) is 23.2 Å². The van der Waals surface area contributed by atoms with E-state index >= 15 is 0 Å². The molecule has 2 heterocycles. The molecule has 0 N–H and O–H groups in total. The van der Waals surface area contributed by atoms with Gasteiger partial charge in [-0.2, -0.15) is 4.98 Å². The van der Waals surface area contributed by atoms with Gasteiger partial charge in [-0.25, -0.2) is 4.39 Å². The molecule has 4 rings (SSSR count). The molecule has 0 radical (unpaired) electrons. The molecule has 5 nitrogen and oxygen atoms in total. The van der Waals surface area contributed by atoms with Crippen molar-refractivity contribution in [3.05, 3.63) is 65.8 Å². The Bertz CT molecular complexity index is 966. The summed E-state index contributed by atoms with van der Waals surface area (Å²) in [6, 6.07) is 14.3. The number of anilines is 1. The summed E-state index contributed by atoms with van der Waals surface area (Å²) in [6.07, 6.45) is 0.296. The second-order valence-corrected chi connectivity index (χ2v) is 7.09. The summed E-state index contributed by atoms with van der Waals surface area (Å²) >= 11 is 0. The molecule has 1 aliphatic rings. The maximum absolute atomic E-state index is 13.9. The normalized spacial score (nSPS) is 17.1. The van der Waals surface area contributed by atoms with Crippen molar-refractivity contribution in [3.8, 4) is 11.4 Å². The molecule has 3 aromatic rings. The van der Waals surface area contributed by atoms with E-state index in [9.17, 15) is 9.18 Å². The summed E-state index contributed by atoms with van der Waals surface area (Å²) < 4.78 is 19.2. The van der Waals surface area contributed by atoms with Gasteiger partial charge in [0.05, 0.1) is 11.5 Å². The minimum absolute atomic E-state index is 0.0166. The number of aromatic nitrogens is 2. The van der Waals surface area contributed by atoms with Gasteiger partial charge < -0.3 is 9.42 Å². The van der Waals surface area contributed by atoms with Gasteiger partial charge in [-0.1, -0.05) is 43.3 Å². The van der Waals surface area contributed by atoms with E-state index in [0.29, 0.717) is 24.8 Å². The Labute approximate surface area is 156 Å². The summed E-state index contributed by atoms with van der Waals surface area (Å²) in [4.78, 5) is 18.5. The van der Waals surface area contributed by atoms with Gasteiger partial charge in [0.25, 0.3) is 0 Å². The molecule has 0 spiro atoms. The molecular weight excluding hydrogens is 345 g/mol. The molecule has 0 bridgehead atoms. The van der Waals surface area contributed by atoms with Crippen molar-refractivity contribution in [2.24, 2.45) is 0 Å². The van der Waals surface area contributed by atoms with Crippen LogP contribution >= 0.6 is 0 Å². The number of carbonyl (C=O) groups is 1. The van der Waals surface area contributed by atoms with Crippen LogP contribution in [0.3, 0.4) is 0 Å². The Balaban J connectivity index is 1.53. The molecule has 1 aromatic heterocycles. The molecule has 6 heteroatoms. The molecule has 1 fully saturated rings. The summed E-state index contributed by atoms with van der Waals surface area (Å²) in [6.45, 7) is 4.74. The zero-order chi connectivity index (χ0) is 19.0. The number of benzene rings is 2. The maximum Gasteiger partial charge on any atom is 0.232 e. The minimum Gasteiger partial charge on any atom is -0.339 e. The molecule has 138 valence electrons. The van der Waals surface area contributed by atoms with Crippen LogP contribution in [0.2, 0.25) is 0 Å². The van der Waals surface area contributed by atoms with Crippen LogP contribution in [0.1, 0.15) is 43.6 Å². The van der Waals surface area contributed by atoms with Gasteiger partial charge in [-0.15, -0.1) is 0 Å². The van der Waals surface area contributed by atoms with Crippen molar-refractivity contribution >= 4 is 11.6 Å². The fraction of sp³-hybridized carbons (Fsp3) is 0.286. The van der Waals surface area contributed by atoms with Gasteiger partial charge in [0, 0.05) is 18.7 Å². The molecule has 1 aliphatic heterocycles. The monoisotopic (exact) mass is 365 g/mol. The van der Waals surface area contributed by atoms with Crippen LogP contribution in [0.5, 0.6) is 0 Å². The topological polar surface area (TPSA) is 59.2 Å². The highest BCUT2D eigenvalue weighted by molar-refractivity contribution is 5.96. The minimum atomic E-state index is -0.404. The van der Waals surface area contributed by atoms with Crippen LogP contribution in [-0.4, -0.2) is 22.6 Å². The predicted octanol–water partition coefficient (Wildman–Crippen LogP) is 4.52.